The quantitative estimate of drug-likeness (QED) is 0.211. The van der Waals surface area contributed by atoms with Gasteiger partial charge in [0, 0.05) is 36.3 Å². The van der Waals surface area contributed by atoms with Crippen molar-refractivity contribution in [2.75, 3.05) is 26.7 Å². The molecule has 1 amide bonds. The van der Waals surface area contributed by atoms with Crippen molar-refractivity contribution in [2.45, 2.75) is 29.4 Å². The fourth-order valence-electron chi connectivity index (χ4n) is 2.62. The molecular weight excluding hydrogens is 505 g/mol. The van der Waals surface area contributed by atoms with Crippen molar-refractivity contribution in [2.24, 2.45) is 4.99 Å². The molecule has 0 unspecified atom stereocenters. The molecule has 0 saturated heterocycles. The summed E-state index contributed by atoms with van der Waals surface area (Å²) in [6.45, 7) is 3.86. The molecule has 3 rings (SSSR count). The van der Waals surface area contributed by atoms with Crippen molar-refractivity contribution in [1.29, 1.82) is 0 Å². The van der Waals surface area contributed by atoms with Crippen LogP contribution in [0.3, 0.4) is 0 Å². The number of halogens is 1. The van der Waals surface area contributed by atoms with Crippen LogP contribution in [-0.2, 0) is 0 Å². The van der Waals surface area contributed by atoms with E-state index < -0.39 is 0 Å². The molecule has 152 valence electrons. The number of benzene rings is 1. The third-order valence-electron chi connectivity index (χ3n) is 4.34. The zero-order chi connectivity index (χ0) is 19.1. The van der Waals surface area contributed by atoms with Crippen molar-refractivity contribution in [3.63, 3.8) is 0 Å². The number of nitrogens with one attached hydrogen (secondary N) is 3. The highest BCUT2D eigenvalue weighted by Gasteiger charge is 2.43. The van der Waals surface area contributed by atoms with E-state index in [-0.39, 0.29) is 34.6 Å². The Bertz CT molecular complexity index is 793. The number of nitrogens with zero attached hydrogens (tertiary/aromatic N) is 2. The normalized spacial score (nSPS) is 14.7. The summed E-state index contributed by atoms with van der Waals surface area (Å²) < 4.78 is 0.261. The molecule has 1 saturated carbocycles. The molecule has 0 atom stereocenters. The first kappa shape index (κ1) is 23.0. The van der Waals surface area contributed by atoms with E-state index in [4.69, 9.17) is 0 Å². The third-order valence-corrected chi connectivity index (χ3v) is 6.76. The number of aromatic nitrogens is 1. The predicted octanol–water partition coefficient (Wildman–Crippen LogP) is 3.29. The minimum absolute atomic E-state index is 0. The monoisotopic (exact) mass is 531 g/mol. The summed E-state index contributed by atoms with van der Waals surface area (Å²) in [4.78, 5) is 22.4. The summed E-state index contributed by atoms with van der Waals surface area (Å²) in [5, 5.41) is 9.57. The maximum absolute atomic E-state index is 12.1. The Hall–Kier alpha value is -1.33. The lowest BCUT2D eigenvalue weighted by Crippen LogP contribution is -2.44. The SMILES string of the molecule is CN=C(NCCNC(=O)c1scnc1C)NCC1(Sc2ccccc2)CC1.I. The topological polar surface area (TPSA) is 78.4 Å². The van der Waals surface area contributed by atoms with Gasteiger partial charge < -0.3 is 16.0 Å². The number of rotatable bonds is 8. The molecule has 1 fully saturated rings. The van der Waals surface area contributed by atoms with Gasteiger partial charge in [-0.2, -0.15) is 0 Å². The van der Waals surface area contributed by atoms with E-state index in [1.807, 2.05) is 24.8 Å². The van der Waals surface area contributed by atoms with Gasteiger partial charge in [-0.25, -0.2) is 4.98 Å². The van der Waals surface area contributed by atoms with E-state index in [1.165, 1.54) is 29.1 Å². The van der Waals surface area contributed by atoms with Crippen LogP contribution in [0.2, 0.25) is 0 Å². The number of guanidine groups is 1. The van der Waals surface area contributed by atoms with Crippen LogP contribution in [0.15, 0.2) is 45.7 Å². The van der Waals surface area contributed by atoms with E-state index >= 15 is 0 Å². The molecule has 28 heavy (non-hydrogen) atoms. The molecule has 1 aromatic carbocycles. The van der Waals surface area contributed by atoms with Crippen LogP contribution < -0.4 is 16.0 Å². The van der Waals surface area contributed by atoms with Crippen molar-refractivity contribution >= 4 is 58.9 Å². The van der Waals surface area contributed by atoms with Crippen LogP contribution in [0.5, 0.6) is 0 Å². The number of hydrogen-bond acceptors (Lipinski definition) is 5. The van der Waals surface area contributed by atoms with Crippen LogP contribution in [0.1, 0.15) is 28.2 Å². The molecule has 6 nitrogen and oxygen atoms in total. The minimum Gasteiger partial charge on any atom is -0.355 e. The van der Waals surface area contributed by atoms with Crippen LogP contribution in [0, 0.1) is 6.92 Å². The Labute approximate surface area is 191 Å². The van der Waals surface area contributed by atoms with Gasteiger partial charge in [-0.05, 0) is 31.9 Å². The number of carbonyl (C=O) groups is 1. The van der Waals surface area contributed by atoms with E-state index in [0.717, 1.165) is 18.2 Å². The molecule has 1 aromatic heterocycles. The summed E-state index contributed by atoms with van der Waals surface area (Å²) in [6.07, 6.45) is 2.42. The smallest absolute Gasteiger partial charge is 0.263 e. The first-order valence-electron chi connectivity index (χ1n) is 8.99. The zero-order valence-corrected chi connectivity index (χ0v) is 20.0. The lowest BCUT2D eigenvalue weighted by molar-refractivity contribution is 0.0957. The van der Waals surface area contributed by atoms with Gasteiger partial charge in [-0.15, -0.1) is 47.1 Å². The van der Waals surface area contributed by atoms with Gasteiger partial charge in [0.05, 0.1) is 11.2 Å². The third kappa shape index (κ3) is 6.63. The Morgan fingerprint density at radius 2 is 1.93 bits per heavy atom. The molecule has 9 heteroatoms. The lowest BCUT2D eigenvalue weighted by atomic mass is 10.4. The maximum Gasteiger partial charge on any atom is 0.263 e. The highest BCUT2D eigenvalue weighted by molar-refractivity contribution is 14.0. The lowest BCUT2D eigenvalue weighted by Gasteiger charge is -2.18. The summed E-state index contributed by atoms with van der Waals surface area (Å²) >= 11 is 3.30. The molecule has 0 spiro atoms. The van der Waals surface area contributed by atoms with Crippen LogP contribution in [0.25, 0.3) is 0 Å². The number of thioether (sulfide) groups is 1. The second-order valence-electron chi connectivity index (χ2n) is 6.47. The number of hydrogen-bond donors (Lipinski definition) is 3. The summed E-state index contributed by atoms with van der Waals surface area (Å²) in [5.41, 5.74) is 2.46. The Balaban J connectivity index is 0.00000280. The van der Waals surface area contributed by atoms with Crippen molar-refractivity contribution in [1.82, 2.24) is 20.9 Å². The number of thiazole rings is 1. The van der Waals surface area contributed by atoms with Gasteiger partial charge in [-0.3, -0.25) is 9.79 Å². The van der Waals surface area contributed by atoms with Crippen molar-refractivity contribution < 1.29 is 4.79 Å². The molecule has 3 N–H and O–H groups in total. The molecule has 1 heterocycles. The standard InChI is InChI=1S/C19H25N5OS2.HI/c1-14-16(26-13-24-14)17(25)21-10-11-22-18(20-2)23-12-19(8-9-19)27-15-6-4-3-5-7-15;/h3-7,13H,8-12H2,1-2H3,(H,21,25)(H2,20,22,23);1H. The first-order valence-corrected chi connectivity index (χ1v) is 10.7. The molecule has 0 radical (unpaired) electrons. The van der Waals surface area contributed by atoms with Gasteiger partial charge in [0.2, 0.25) is 0 Å². The molecule has 0 bridgehead atoms. The van der Waals surface area contributed by atoms with Crippen LogP contribution in [-0.4, -0.2) is 48.3 Å². The summed E-state index contributed by atoms with van der Waals surface area (Å²) in [6, 6.07) is 10.5. The van der Waals surface area contributed by atoms with Gasteiger partial charge in [-0.1, -0.05) is 18.2 Å². The number of amides is 1. The second kappa shape index (κ2) is 11.0. The highest BCUT2D eigenvalue weighted by atomic mass is 127. The predicted molar refractivity (Wildman–Crippen MR) is 128 cm³/mol. The fourth-order valence-corrected chi connectivity index (χ4v) is 4.58. The molecular formula is C19H26IN5OS2. The largest absolute Gasteiger partial charge is 0.355 e. The van der Waals surface area contributed by atoms with Gasteiger partial charge in [0.1, 0.15) is 4.88 Å². The Morgan fingerprint density at radius 1 is 1.21 bits per heavy atom. The zero-order valence-electron chi connectivity index (χ0n) is 16.0. The Morgan fingerprint density at radius 3 is 2.54 bits per heavy atom. The van der Waals surface area contributed by atoms with Gasteiger partial charge in [0.25, 0.3) is 5.91 Å². The van der Waals surface area contributed by atoms with Crippen LogP contribution in [0.4, 0.5) is 0 Å². The van der Waals surface area contributed by atoms with E-state index in [2.05, 4.69) is 50.2 Å². The maximum atomic E-state index is 12.1. The van der Waals surface area contributed by atoms with Gasteiger partial charge in [0.15, 0.2) is 5.96 Å². The second-order valence-corrected chi connectivity index (χ2v) is 8.87. The van der Waals surface area contributed by atoms with Crippen LogP contribution >= 0.6 is 47.1 Å². The van der Waals surface area contributed by atoms with Gasteiger partial charge >= 0.3 is 0 Å². The molecule has 2 aromatic rings. The molecule has 1 aliphatic rings. The highest BCUT2D eigenvalue weighted by Crippen LogP contribution is 2.51. The fraction of sp³-hybridized carbons (Fsp3) is 0.421. The van der Waals surface area contributed by atoms with Crippen molar-refractivity contribution in [3.8, 4) is 0 Å². The molecule has 0 aliphatic heterocycles. The van der Waals surface area contributed by atoms with Crippen molar-refractivity contribution in [3.05, 3.63) is 46.4 Å². The number of carbonyl (C=O) groups excluding carboxylic acids is 1. The summed E-state index contributed by atoms with van der Waals surface area (Å²) in [7, 11) is 1.76. The average Bonchev–Trinajstić information content (AvgIpc) is 3.30. The number of aryl methyl sites for hydroxylation is 1. The summed E-state index contributed by atoms with van der Waals surface area (Å²) in [5.74, 6) is 0.689. The minimum atomic E-state index is -0.0732. The van der Waals surface area contributed by atoms with E-state index in [1.54, 1.807) is 12.6 Å². The number of aliphatic imine (C=N–C) groups is 1. The Kier molecular flexibility index (Phi) is 9.03. The average molecular weight is 531 g/mol. The van der Waals surface area contributed by atoms with E-state index in [0.29, 0.717) is 18.0 Å². The first-order chi connectivity index (χ1) is 13.1. The van der Waals surface area contributed by atoms with E-state index in [9.17, 15) is 4.79 Å². The molecule has 1 aliphatic carbocycles.